The predicted octanol–water partition coefficient (Wildman–Crippen LogP) is 3.38. The Morgan fingerprint density at radius 3 is 2.79 bits per heavy atom. The predicted molar refractivity (Wildman–Crippen MR) is 70.7 cm³/mol. The number of benzene rings is 2. The van der Waals surface area contributed by atoms with Gasteiger partial charge >= 0.3 is 0 Å². The van der Waals surface area contributed by atoms with Crippen LogP contribution >= 0.6 is 0 Å². The summed E-state index contributed by atoms with van der Waals surface area (Å²) in [6.45, 7) is 0. The molecule has 0 fully saturated rings. The maximum atomic E-state index is 9.08. The Hall–Kier alpha value is -2.80. The first kappa shape index (κ1) is 11.3. The van der Waals surface area contributed by atoms with E-state index in [4.69, 9.17) is 14.4 Å². The zero-order chi connectivity index (χ0) is 13.2. The van der Waals surface area contributed by atoms with E-state index in [0.29, 0.717) is 17.2 Å². The van der Waals surface area contributed by atoms with Crippen LogP contribution in [-0.2, 0) is 0 Å². The van der Waals surface area contributed by atoms with Crippen LogP contribution < -0.4 is 4.74 Å². The maximum Gasteiger partial charge on any atom is 0.227 e. The van der Waals surface area contributed by atoms with Crippen LogP contribution in [0.3, 0.4) is 0 Å². The van der Waals surface area contributed by atoms with E-state index in [1.807, 2.05) is 30.3 Å². The van der Waals surface area contributed by atoms with Crippen LogP contribution in [0.15, 0.2) is 46.9 Å². The molecule has 4 heteroatoms. The Bertz CT molecular complexity index is 751. The second kappa shape index (κ2) is 4.46. The molecular weight excluding hydrogens is 240 g/mol. The summed E-state index contributed by atoms with van der Waals surface area (Å²) in [6.07, 6.45) is 0. The molecule has 19 heavy (non-hydrogen) atoms. The van der Waals surface area contributed by atoms with E-state index in [9.17, 15) is 0 Å². The molecule has 2 aromatic carbocycles. The van der Waals surface area contributed by atoms with E-state index in [-0.39, 0.29) is 0 Å². The van der Waals surface area contributed by atoms with Crippen molar-refractivity contribution in [2.75, 3.05) is 7.11 Å². The smallest absolute Gasteiger partial charge is 0.227 e. The fraction of sp³-hybridized carbons (Fsp3) is 0.0667. The van der Waals surface area contributed by atoms with Crippen molar-refractivity contribution < 1.29 is 9.15 Å². The molecule has 3 aromatic rings. The molecule has 1 aromatic heterocycles. The molecule has 0 spiro atoms. The summed E-state index contributed by atoms with van der Waals surface area (Å²) in [7, 11) is 1.54. The Balaban J connectivity index is 2.14. The molecule has 0 saturated heterocycles. The minimum atomic E-state index is 0.460. The molecule has 0 unspecified atom stereocenters. The lowest BCUT2D eigenvalue weighted by Gasteiger charge is -2.03. The summed E-state index contributed by atoms with van der Waals surface area (Å²) in [4.78, 5) is 4.40. The summed E-state index contributed by atoms with van der Waals surface area (Å²) >= 11 is 0. The van der Waals surface area contributed by atoms with Crippen molar-refractivity contribution in [3.05, 3.63) is 48.0 Å². The first-order valence-corrected chi connectivity index (χ1v) is 5.76. The van der Waals surface area contributed by atoms with Gasteiger partial charge in [0.05, 0.1) is 12.7 Å². The quantitative estimate of drug-likeness (QED) is 0.699. The van der Waals surface area contributed by atoms with Gasteiger partial charge in [-0.1, -0.05) is 12.1 Å². The van der Waals surface area contributed by atoms with Gasteiger partial charge in [-0.25, -0.2) is 4.98 Å². The van der Waals surface area contributed by atoms with Crippen molar-refractivity contribution in [2.45, 2.75) is 0 Å². The maximum absolute atomic E-state index is 9.08. The first-order chi connectivity index (χ1) is 9.31. The molecule has 0 aliphatic carbocycles. The van der Waals surface area contributed by atoms with Crippen LogP contribution in [0.2, 0.25) is 0 Å². The number of nitrogens with zero attached hydrogens (tertiary/aromatic N) is 2. The highest BCUT2D eigenvalue weighted by Gasteiger charge is 2.10. The van der Waals surface area contributed by atoms with Gasteiger partial charge in [-0.15, -0.1) is 0 Å². The van der Waals surface area contributed by atoms with Gasteiger partial charge in [0.15, 0.2) is 5.58 Å². The Labute approximate surface area is 109 Å². The van der Waals surface area contributed by atoms with E-state index in [1.54, 1.807) is 12.1 Å². The van der Waals surface area contributed by atoms with Gasteiger partial charge in [0.25, 0.3) is 0 Å². The topological polar surface area (TPSA) is 59.1 Å². The van der Waals surface area contributed by atoms with E-state index in [1.165, 1.54) is 7.11 Å². The Morgan fingerprint density at radius 2 is 2.05 bits per heavy atom. The van der Waals surface area contributed by atoms with Crippen LogP contribution in [0.5, 0.6) is 5.75 Å². The number of methoxy groups -OCH3 is 1. The largest absolute Gasteiger partial charge is 0.495 e. The molecule has 0 atom stereocenters. The van der Waals surface area contributed by atoms with Crippen LogP contribution in [0.1, 0.15) is 5.56 Å². The molecule has 0 aliphatic rings. The number of ether oxygens (including phenoxy) is 1. The zero-order valence-corrected chi connectivity index (χ0v) is 10.3. The number of fused-ring (bicyclic) bond motifs is 1. The van der Waals surface area contributed by atoms with Gasteiger partial charge in [0.2, 0.25) is 5.89 Å². The minimum Gasteiger partial charge on any atom is -0.495 e. The highest BCUT2D eigenvalue weighted by Crippen LogP contribution is 2.28. The third-order valence-corrected chi connectivity index (χ3v) is 2.86. The molecule has 4 nitrogen and oxygen atoms in total. The molecule has 0 bridgehead atoms. The monoisotopic (exact) mass is 250 g/mol. The molecule has 0 N–H and O–H groups in total. The highest BCUT2D eigenvalue weighted by molar-refractivity contribution is 5.76. The van der Waals surface area contributed by atoms with Crippen LogP contribution in [0, 0.1) is 11.3 Å². The molecule has 0 radical (unpaired) electrons. The molecule has 92 valence electrons. The van der Waals surface area contributed by atoms with Crippen LogP contribution in [0.4, 0.5) is 0 Å². The number of nitriles is 1. The summed E-state index contributed by atoms with van der Waals surface area (Å²) in [5.41, 5.74) is 2.74. The average molecular weight is 250 g/mol. The number of hydrogen-bond acceptors (Lipinski definition) is 4. The fourth-order valence-electron chi connectivity index (χ4n) is 1.92. The molecule has 0 aliphatic heterocycles. The normalized spacial score (nSPS) is 10.3. The van der Waals surface area contributed by atoms with E-state index in [2.05, 4.69) is 11.1 Å². The van der Waals surface area contributed by atoms with E-state index < -0.39 is 0 Å². The number of hydrogen-bond donors (Lipinski definition) is 0. The van der Waals surface area contributed by atoms with Crippen molar-refractivity contribution in [3.8, 4) is 23.3 Å². The van der Waals surface area contributed by atoms with Crippen molar-refractivity contribution in [1.29, 1.82) is 5.26 Å². The molecule has 0 saturated carbocycles. The molecule has 0 amide bonds. The fourth-order valence-corrected chi connectivity index (χ4v) is 1.92. The summed E-state index contributed by atoms with van der Waals surface area (Å²) in [5.74, 6) is 1.04. The van der Waals surface area contributed by atoms with Gasteiger partial charge in [-0.3, -0.25) is 0 Å². The number of para-hydroxylation sites is 2. The summed E-state index contributed by atoms with van der Waals surface area (Å²) in [5, 5.41) is 9.08. The first-order valence-electron chi connectivity index (χ1n) is 5.76. The van der Waals surface area contributed by atoms with Gasteiger partial charge in [0.1, 0.15) is 17.3 Å². The summed E-state index contributed by atoms with van der Waals surface area (Å²) in [6, 6.07) is 14.9. The van der Waals surface area contributed by atoms with Gasteiger partial charge in [-0.05, 0) is 30.3 Å². The lowest BCUT2D eigenvalue weighted by Crippen LogP contribution is -1.88. The highest BCUT2D eigenvalue weighted by atomic mass is 16.5. The Morgan fingerprint density at radius 1 is 1.21 bits per heavy atom. The molecular formula is C15H10N2O2. The van der Waals surface area contributed by atoms with E-state index in [0.717, 1.165) is 16.7 Å². The number of aromatic nitrogens is 1. The van der Waals surface area contributed by atoms with Gasteiger partial charge in [-0.2, -0.15) is 5.26 Å². The number of oxazole rings is 1. The van der Waals surface area contributed by atoms with Crippen molar-refractivity contribution in [2.24, 2.45) is 0 Å². The Kier molecular flexibility index (Phi) is 2.66. The third-order valence-electron chi connectivity index (χ3n) is 2.86. The third kappa shape index (κ3) is 1.91. The lowest BCUT2D eigenvalue weighted by atomic mass is 10.1. The SMILES string of the molecule is COc1ccc(-c2nc3ccccc3o2)cc1C#N. The second-order valence-electron chi connectivity index (χ2n) is 4.01. The molecule has 1 heterocycles. The van der Waals surface area contributed by atoms with Crippen molar-refractivity contribution in [1.82, 2.24) is 4.98 Å². The van der Waals surface area contributed by atoms with Crippen LogP contribution in [0.25, 0.3) is 22.6 Å². The van der Waals surface area contributed by atoms with Gasteiger partial charge < -0.3 is 9.15 Å². The van der Waals surface area contributed by atoms with Crippen LogP contribution in [-0.4, -0.2) is 12.1 Å². The number of rotatable bonds is 2. The average Bonchev–Trinajstić information content (AvgIpc) is 2.90. The minimum absolute atomic E-state index is 0.460. The van der Waals surface area contributed by atoms with Crippen molar-refractivity contribution in [3.63, 3.8) is 0 Å². The lowest BCUT2D eigenvalue weighted by molar-refractivity contribution is 0.413. The molecule has 3 rings (SSSR count). The standard InChI is InChI=1S/C15H10N2O2/c1-18-13-7-6-10(8-11(13)9-16)15-17-12-4-2-3-5-14(12)19-15/h2-8H,1H3. The van der Waals surface area contributed by atoms with Gasteiger partial charge in [0, 0.05) is 5.56 Å². The van der Waals surface area contributed by atoms with E-state index >= 15 is 0 Å². The second-order valence-corrected chi connectivity index (χ2v) is 4.01. The summed E-state index contributed by atoms with van der Waals surface area (Å²) < 4.78 is 10.8. The van der Waals surface area contributed by atoms with Crippen molar-refractivity contribution >= 4 is 11.1 Å². The zero-order valence-electron chi connectivity index (χ0n) is 10.3.